The molecule has 0 aliphatic rings. The van der Waals surface area contributed by atoms with E-state index in [9.17, 15) is 4.79 Å². The van der Waals surface area contributed by atoms with Crippen LogP contribution in [0.3, 0.4) is 0 Å². The van der Waals surface area contributed by atoms with Crippen molar-refractivity contribution in [1.29, 1.82) is 0 Å². The van der Waals surface area contributed by atoms with Crippen LogP contribution in [0.2, 0.25) is 0 Å². The molecule has 0 aliphatic carbocycles. The highest BCUT2D eigenvalue weighted by atomic mass is 16.1. The van der Waals surface area contributed by atoms with E-state index in [1.165, 1.54) is 11.1 Å². The zero-order chi connectivity index (χ0) is 17.5. The second kappa shape index (κ2) is 8.45. The van der Waals surface area contributed by atoms with Crippen molar-refractivity contribution in [2.45, 2.75) is 20.3 Å². The number of pyridine rings is 1. The molecule has 2 aromatic rings. The molecule has 0 bridgehead atoms. The Morgan fingerprint density at radius 1 is 1.17 bits per heavy atom. The van der Waals surface area contributed by atoms with Crippen molar-refractivity contribution in [1.82, 2.24) is 15.2 Å². The van der Waals surface area contributed by atoms with Gasteiger partial charge in [-0.15, -0.1) is 0 Å². The van der Waals surface area contributed by atoms with Crippen molar-refractivity contribution in [3.8, 4) is 0 Å². The highest BCUT2D eigenvalue weighted by Crippen LogP contribution is 2.24. The molecular weight excluding hydrogens is 300 g/mol. The lowest BCUT2D eigenvalue weighted by atomic mass is 10.1. The first-order valence-electron chi connectivity index (χ1n) is 8.19. The quantitative estimate of drug-likeness (QED) is 0.768. The van der Waals surface area contributed by atoms with Gasteiger partial charge in [-0.2, -0.15) is 0 Å². The fraction of sp³-hybridized carbons (Fsp3) is 0.368. The highest BCUT2D eigenvalue weighted by Gasteiger charge is 2.09. The Hall–Kier alpha value is -2.40. The molecule has 0 aliphatic heterocycles. The van der Waals surface area contributed by atoms with Gasteiger partial charge in [0.15, 0.2) is 0 Å². The summed E-state index contributed by atoms with van der Waals surface area (Å²) in [6.07, 6.45) is 2.57. The number of anilines is 2. The van der Waals surface area contributed by atoms with E-state index in [0.717, 1.165) is 24.3 Å². The van der Waals surface area contributed by atoms with E-state index in [1.54, 1.807) is 12.3 Å². The summed E-state index contributed by atoms with van der Waals surface area (Å²) in [5.41, 5.74) is 4.70. The number of carbonyl (C=O) groups is 1. The largest absolute Gasteiger partial charge is 0.355 e. The summed E-state index contributed by atoms with van der Waals surface area (Å²) in [6.45, 7) is 5.72. The van der Waals surface area contributed by atoms with Gasteiger partial charge in [-0.05, 0) is 64.2 Å². The van der Waals surface area contributed by atoms with Crippen LogP contribution in [-0.4, -0.2) is 43.0 Å². The first-order valence-corrected chi connectivity index (χ1v) is 8.19. The number of benzene rings is 1. The lowest BCUT2D eigenvalue weighted by molar-refractivity contribution is 0.0947. The third-order valence-corrected chi connectivity index (χ3v) is 3.81. The van der Waals surface area contributed by atoms with Gasteiger partial charge in [0, 0.05) is 24.1 Å². The zero-order valence-corrected chi connectivity index (χ0v) is 14.9. The number of hydrogen-bond donors (Lipinski definition) is 2. The topological polar surface area (TPSA) is 57.3 Å². The van der Waals surface area contributed by atoms with Gasteiger partial charge in [0.1, 0.15) is 5.69 Å². The van der Waals surface area contributed by atoms with E-state index >= 15 is 0 Å². The third kappa shape index (κ3) is 5.06. The van der Waals surface area contributed by atoms with Crippen LogP contribution in [0.15, 0.2) is 36.5 Å². The number of hydrogen-bond acceptors (Lipinski definition) is 4. The molecule has 0 saturated carbocycles. The van der Waals surface area contributed by atoms with Crippen molar-refractivity contribution in [2.75, 3.05) is 32.5 Å². The Morgan fingerprint density at radius 2 is 1.88 bits per heavy atom. The Balaban J connectivity index is 2.02. The summed E-state index contributed by atoms with van der Waals surface area (Å²) in [5, 5.41) is 6.30. The summed E-state index contributed by atoms with van der Waals surface area (Å²) in [6, 6.07) is 9.82. The lowest BCUT2D eigenvalue weighted by Crippen LogP contribution is -2.27. The second-order valence-electron chi connectivity index (χ2n) is 6.23. The standard InChI is InChI=1S/C19H26N4O/c1-14-7-5-8-15(2)18(14)22-16-9-11-20-17(13-16)19(24)21-10-6-12-23(3)4/h5,7-9,11,13H,6,10,12H2,1-4H3,(H,20,22)(H,21,24). The van der Waals surface area contributed by atoms with Crippen molar-refractivity contribution >= 4 is 17.3 Å². The summed E-state index contributed by atoms with van der Waals surface area (Å²) in [7, 11) is 4.04. The summed E-state index contributed by atoms with van der Waals surface area (Å²) in [5.74, 6) is -0.140. The van der Waals surface area contributed by atoms with Crippen molar-refractivity contribution in [3.63, 3.8) is 0 Å². The van der Waals surface area contributed by atoms with E-state index in [4.69, 9.17) is 0 Å². The van der Waals surface area contributed by atoms with Gasteiger partial charge in [-0.1, -0.05) is 18.2 Å². The number of carbonyl (C=O) groups excluding carboxylic acids is 1. The average molecular weight is 326 g/mol. The van der Waals surface area contributed by atoms with E-state index in [-0.39, 0.29) is 5.91 Å². The average Bonchev–Trinajstić information content (AvgIpc) is 2.55. The van der Waals surface area contributed by atoms with Gasteiger partial charge in [0.25, 0.3) is 5.91 Å². The predicted molar refractivity (Wildman–Crippen MR) is 98.9 cm³/mol. The number of aromatic nitrogens is 1. The summed E-state index contributed by atoms with van der Waals surface area (Å²) < 4.78 is 0. The molecular formula is C19H26N4O. The molecule has 0 radical (unpaired) electrons. The fourth-order valence-corrected chi connectivity index (χ4v) is 2.48. The molecule has 0 spiro atoms. The molecule has 1 amide bonds. The van der Waals surface area contributed by atoms with Crippen molar-refractivity contribution in [2.24, 2.45) is 0 Å². The van der Waals surface area contributed by atoms with Gasteiger partial charge in [0.2, 0.25) is 0 Å². The van der Waals surface area contributed by atoms with Gasteiger partial charge in [-0.3, -0.25) is 9.78 Å². The van der Waals surface area contributed by atoms with Crippen LogP contribution >= 0.6 is 0 Å². The van der Waals surface area contributed by atoms with Gasteiger partial charge >= 0.3 is 0 Å². The SMILES string of the molecule is Cc1cccc(C)c1Nc1ccnc(C(=O)NCCCN(C)C)c1. The molecule has 1 heterocycles. The van der Waals surface area contributed by atoms with Crippen LogP contribution in [-0.2, 0) is 0 Å². The molecule has 128 valence electrons. The first-order chi connectivity index (χ1) is 11.5. The van der Waals surface area contributed by atoms with E-state index in [0.29, 0.717) is 12.2 Å². The number of amides is 1. The van der Waals surface area contributed by atoms with E-state index in [2.05, 4.69) is 46.5 Å². The Kier molecular flexibility index (Phi) is 6.32. The minimum atomic E-state index is -0.140. The highest BCUT2D eigenvalue weighted by molar-refractivity contribution is 5.93. The van der Waals surface area contributed by atoms with Crippen LogP contribution in [0.5, 0.6) is 0 Å². The smallest absolute Gasteiger partial charge is 0.269 e. The van der Waals surface area contributed by atoms with Crippen LogP contribution in [0.1, 0.15) is 28.0 Å². The first kappa shape index (κ1) is 17.9. The van der Waals surface area contributed by atoms with Crippen LogP contribution in [0.25, 0.3) is 0 Å². The Labute approximate surface area is 144 Å². The van der Waals surface area contributed by atoms with Crippen LogP contribution in [0, 0.1) is 13.8 Å². The number of rotatable bonds is 7. The molecule has 1 aromatic carbocycles. The number of aryl methyl sites for hydroxylation is 2. The molecule has 5 heteroatoms. The minimum absolute atomic E-state index is 0.140. The van der Waals surface area contributed by atoms with E-state index in [1.807, 2.05) is 26.2 Å². The minimum Gasteiger partial charge on any atom is -0.355 e. The molecule has 2 N–H and O–H groups in total. The molecule has 0 atom stereocenters. The fourth-order valence-electron chi connectivity index (χ4n) is 2.48. The Bertz CT molecular complexity index is 677. The van der Waals surface area contributed by atoms with Gasteiger partial charge in [0.05, 0.1) is 0 Å². The van der Waals surface area contributed by atoms with E-state index < -0.39 is 0 Å². The lowest BCUT2D eigenvalue weighted by Gasteiger charge is -2.13. The predicted octanol–water partition coefficient (Wildman–Crippen LogP) is 3.12. The molecule has 0 saturated heterocycles. The maximum atomic E-state index is 12.2. The second-order valence-corrected chi connectivity index (χ2v) is 6.23. The molecule has 24 heavy (non-hydrogen) atoms. The number of para-hydroxylation sites is 1. The molecule has 5 nitrogen and oxygen atoms in total. The van der Waals surface area contributed by atoms with Gasteiger partial charge in [-0.25, -0.2) is 0 Å². The normalized spacial score (nSPS) is 10.7. The Morgan fingerprint density at radius 3 is 2.54 bits per heavy atom. The van der Waals surface area contributed by atoms with Gasteiger partial charge < -0.3 is 15.5 Å². The summed E-state index contributed by atoms with van der Waals surface area (Å²) >= 11 is 0. The molecule has 0 unspecified atom stereocenters. The monoisotopic (exact) mass is 326 g/mol. The van der Waals surface area contributed by atoms with Crippen LogP contribution < -0.4 is 10.6 Å². The number of nitrogens with zero attached hydrogens (tertiary/aromatic N) is 2. The third-order valence-electron chi connectivity index (χ3n) is 3.81. The van der Waals surface area contributed by atoms with Crippen LogP contribution in [0.4, 0.5) is 11.4 Å². The zero-order valence-electron chi connectivity index (χ0n) is 14.9. The maximum Gasteiger partial charge on any atom is 0.269 e. The molecule has 1 aromatic heterocycles. The van der Waals surface area contributed by atoms with Crippen molar-refractivity contribution in [3.05, 3.63) is 53.3 Å². The molecule has 2 rings (SSSR count). The maximum absolute atomic E-state index is 12.2. The van der Waals surface area contributed by atoms with Crippen molar-refractivity contribution < 1.29 is 4.79 Å². The number of nitrogens with one attached hydrogen (secondary N) is 2. The molecule has 0 fully saturated rings. The summed E-state index contributed by atoms with van der Waals surface area (Å²) in [4.78, 5) is 18.5.